The lowest BCUT2D eigenvalue weighted by Gasteiger charge is -2.30. The van der Waals surface area contributed by atoms with Crippen LogP contribution in [0.15, 0.2) is 82.6 Å². The number of para-hydroxylation sites is 1. The third-order valence-corrected chi connectivity index (χ3v) is 8.20. The van der Waals surface area contributed by atoms with Crippen LogP contribution in [0.1, 0.15) is 30.1 Å². The summed E-state index contributed by atoms with van der Waals surface area (Å²) in [5, 5.41) is 0. The van der Waals surface area contributed by atoms with E-state index >= 15 is 0 Å². The number of hydrogen-bond acceptors (Lipinski definition) is 4. The Balaban J connectivity index is 1.66. The van der Waals surface area contributed by atoms with Gasteiger partial charge in [-0.15, -0.1) is 11.8 Å². The number of likely N-dealkylation sites (tertiary alicyclic amines) is 1. The minimum absolute atomic E-state index is 0.0805. The second kappa shape index (κ2) is 10.0. The topological polar surface area (TPSA) is 66.5 Å². The first-order chi connectivity index (χ1) is 15.9. The molecule has 0 unspecified atom stereocenters. The predicted octanol–water partition coefficient (Wildman–Crippen LogP) is 5.75. The van der Waals surface area contributed by atoms with E-state index < -0.39 is 10.0 Å². The molecular weight excluding hydrogens is 452 g/mol. The van der Waals surface area contributed by atoms with E-state index in [1.807, 2.05) is 53.6 Å². The molecule has 0 bridgehead atoms. The minimum Gasteiger partial charge on any atom is -0.339 e. The van der Waals surface area contributed by atoms with E-state index in [1.165, 1.54) is 17.8 Å². The molecule has 0 aromatic heterocycles. The van der Waals surface area contributed by atoms with E-state index in [0.29, 0.717) is 30.3 Å². The van der Waals surface area contributed by atoms with Gasteiger partial charge < -0.3 is 4.90 Å². The Labute approximate surface area is 200 Å². The lowest BCUT2D eigenvalue weighted by Crippen LogP contribution is -2.38. The highest BCUT2D eigenvalue weighted by Gasteiger charge is 2.25. The van der Waals surface area contributed by atoms with Crippen LogP contribution >= 0.6 is 11.8 Å². The van der Waals surface area contributed by atoms with Gasteiger partial charge in [-0.05, 0) is 54.8 Å². The Bertz CT molecular complexity index is 1240. The molecule has 1 aliphatic heterocycles. The number of carbonyl (C=O) groups is 1. The number of nitrogens with one attached hydrogen (secondary N) is 1. The number of amides is 1. The van der Waals surface area contributed by atoms with E-state index in [1.54, 1.807) is 24.3 Å². The number of sulfonamides is 1. The second-order valence-corrected chi connectivity index (χ2v) is 10.9. The molecule has 5 nitrogen and oxygen atoms in total. The molecule has 0 aliphatic carbocycles. The first-order valence-electron chi connectivity index (χ1n) is 11.0. The van der Waals surface area contributed by atoms with Crippen LogP contribution in [0.5, 0.6) is 0 Å². The zero-order chi connectivity index (χ0) is 23.4. The number of piperidine rings is 1. The lowest BCUT2D eigenvalue weighted by molar-refractivity contribution is 0.0693. The van der Waals surface area contributed by atoms with E-state index in [2.05, 4.69) is 11.6 Å². The monoisotopic (exact) mass is 480 g/mol. The van der Waals surface area contributed by atoms with Crippen molar-refractivity contribution >= 4 is 33.4 Å². The molecule has 33 heavy (non-hydrogen) atoms. The number of benzene rings is 3. The number of nitrogens with zero attached hydrogens (tertiary/aromatic N) is 1. The molecular formula is C26H28N2O3S2. The normalized spacial score (nSPS) is 14.8. The number of anilines is 1. The molecule has 1 N–H and O–H groups in total. The maximum absolute atomic E-state index is 13.3. The van der Waals surface area contributed by atoms with Gasteiger partial charge in [0.25, 0.3) is 15.9 Å². The first kappa shape index (κ1) is 23.4. The number of hydrogen-bond donors (Lipinski definition) is 1. The van der Waals surface area contributed by atoms with Gasteiger partial charge in [-0.1, -0.05) is 55.5 Å². The average Bonchev–Trinajstić information content (AvgIpc) is 2.84. The van der Waals surface area contributed by atoms with Crippen molar-refractivity contribution in [3.8, 4) is 11.1 Å². The molecule has 7 heteroatoms. The summed E-state index contributed by atoms with van der Waals surface area (Å²) in [6.45, 7) is 3.60. The zero-order valence-electron chi connectivity index (χ0n) is 18.8. The molecule has 1 saturated heterocycles. The molecule has 1 heterocycles. The van der Waals surface area contributed by atoms with Crippen molar-refractivity contribution in [2.75, 3.05) is 24.1 Å². The van der Waals surface area contributed by atoms with E-state index in [-0.39, 0.29) is 10.8 Å². The van der Waals surface area contributed by atoms with Gasteiger partial charge in [-0.3, -0.25) is 9.52 Å². The van der Waals surface area contributed by atoms with Crippen molar-refractivity contribution in [1.29, 1.82) is 0 Å². The minimum atomic E-state index is -3.89. The van der Waals surface area contributed by atoms with Gasteiger partial charge in [0.2, 0.25) is 0 Å². The fraction of sp³-hybridized carbons (Fsp3) is 0.269. The predicted molar refractivity (Wildman–Crippen MR) is 135 cm³/mol. The Morgan fingerprint density at radius 1 is 0.970 bits per heavy atom. The van der Waals surface area contributed by atoms with Crippen molar-refractivity contribution in [1.82, 2.24) is 4.90 Å². The Hall–Kier alpha value is -2.77. The molecule has 1 amide bonds. The van der Waals surface area contributed by atoms with Crippen LogP contribution in [-0.4, -0.2) is 38.6 Å². The quantitative estimate of drug-likeness (QED) is 0.456. The molecule has 1 aliphatic rings. The highest BCUT2D eigenvalue weighted by Crippen LogP contribution is 2.31. The molecule has 0 atom stereocenters. The molecule has 3 aromatic rings. The van der Waals surface area contributed by atoms with E-state index in [4.69, 9.17) is 0 Å². The van der Waals surface area contributed by atoms with Crippen LogP contribution in [0.25, 0.3) is 11.1 Å². The molecule has 4 rings (SSSR count). The molecule has 172 valence electrons. The molecule has 1 fully saturated rings. The van der Waals surface area contributed by atoms with Crippen LogP contribution in [0, 0.1) is 5.92 Å². The fourth-order valence-electron chi connectivity index (χ4n) is 4.05. The Kier molecular flexibility index (Phi) is 7.10. The molecule has 0 spiro atoms. The van der Waals surface area contributed by atoms with Gasteiger partial charge in [0.1, 0.15) is 0 Å². The highest BCUT2D eigenvalue weighted by molar-refractivity contribution is 7.98. The van der Waals surface area contributed by atoms with Crippen molar-refractivity contribution in [3.63, 3.8) is 0 Å². The fourth-order valence-corrected chi connectivity index (χ4v) is 5.72. The summed E-state index contributed by atoms with van der Waals surface area (Å²) in [6, 6.07) is 21.8. The van der Waals surface area contributed by atoms with Crippen molar-refractivity contribution in [2.45, 2.75) is 29.6 Å². The van der Waals surface area contributed by atoms with Gasteiger partial charge in [-0.25, -0.2) is 8.42 Å². The van der Waals surface area contributed by atoms with Crippen LogP contribution < -0.4 is 4.72 Å². The number of rotatable bonds is 6. The first-order valence-corrected chi connectivity index (χ1v) is 13.7. The van der Waals surface area contributed by atoms with Crippen LogP contribution in [-0.2, 0) is 10.0 Å². The van der Waals surface area contributed by atoms with Gasteiger partial charge in [-0.2, -0.15) is 0 Å². The maximum Gasteiger partial charge on any atom is 0.261 e. The number of thioether (sulfide) groups is 1. The van der Waals surface area contributed by atoms with Crippen LogP contribution in [0.3, 0.4) is 0 Å². The summed E-state index contributed by atoms with van der Waals surface area (Å²) in [5.74, 6) is 0.502. The summed E-state index contributed by atoms with van der Waals surface area (Å²) in [6.07, 6.45) is 3.83. The molecule has 0 saturated carbocycles. The highest BCUT2D eigenvalue weighted by atomic mass is 32.2. The Morgan fingerprint density at radius 2 is 1.64 bits per heavy atom. The van der Waals surface area contributed by atoms with Crippen LogP contribution in [0.2, 0.25) is 0 Å². The van der Waals surface area contributed by atoms with Gasteiger partial charge in [0.15, 0.2) is 0 Å². The van der Waals surface area contributed by atoms with Crippen molar-refractivity contribution in [2.24, 2.45) is 5.92 Å². The third kappa shape index (κ3) is 5.25. The van der Waals surface area contributed by atoms with E-state index in [9.17, 15) is 13.2 Å². The van der Waals surface area contributed by atoms with Crippen molar-refractivity contribution in [3.05, 3.63) is 78.4 Å². The summed E-state index contributed by atoms with van der Waals surface area (Å²) >= 11 is 1.45. The zero-order valence-corrected chi connectivity index (χ0v) is 20.5. The Morgan fingerprint density at radius 3 is 2.33 bits per heavy atom. The van der Waals surface area contributed by atoms with Gasteiger partial charge >= 0.3 is 0 Å². The van der Waals surface area contributed by atoms with E-state index in [0.717, 1.165) is 28.9 Å². The summed E-state index contributed by atoms with van der Waals surface area (Å²) in [7, 11) is -3.89. The maximum atomic E-state index is 13.3. The summed E-state index contributed by atoms with van der Waals surface area (Å²) < 4.78 is 29.4. The summed E-state index contributed by atoms with van der Waals surface area (Å²) in [5.41, 5.74) is 2.65. The lowest BCUT2D eigenvalue weighted by atomic mass is 9.98. The molecule has 3 aromatic carbocycles. The summed E-state index contributed by atoms with van der Waals surface area (Å²) in [4.78, 5) is 16.0. The number of carbonyl (C=O) groups excluding carboxylic acids is 1. The smallest absolute Gasteiger partial charge is 0.261 e. The van der Waals surface area contributed by atoms with Gasteiger partial charge in [0.05, 0.1) is 16.1 Å². The second-order valence-electron chi connectivity index (χ2n) is 8.35. The SMILES string of the molecule is CSc1ccc(S(=O)(=O)Nc2ccccc2-c2ccccc2)cc1C(=O)N1CCC(C)CC1. The van der Waals surface area contributed by atoms with Gasteiger partial charge in [0, 0.05) is 23.5 Å². The standard InChI is InChI=1S/C26H28N2O3S2/c1-19-14-16-28(17-15-19)26(29)23-18-21(12-13-25(23)32-2)33(30,31)27-24-11-7-6-10-22(24)20-8-4-3-5-9-20/h3-13,18-19,27H,14-17H2,1-2H3. The van der Waals surface area contributed by atoms with Crippen LogP contribution in [0.4, 0.5) is 5.69 Å². The molecule has 0 radical (unpaired) electrons. The van der Waals surface area contributed by atoms with Crippen molar-refractivity contribution < 1.29 is 13.2 Å². The third-order valence-electron chi connectivity index (χ3n) is 6.04. The largest absolute Gasteiger partial charge is 0.339 e. The average molecular weight is 481 g/mol.